The number of nitrogens with one attached hydrogen (secondary N) is 1. The summed E-state index contributed by atoms with van der Waals surface area (Å²) < 4.78 is 0. The Morgan fingerprint density at radius 3 is 2.41 bits per heavy atom. The van der Waals surface area contributed by atoms with Crippen LogP contribution in [0.25, 0.3) is 0 Å². The third-order valence-electron chi connectivity index (χ3n) is 2.97. The number of piperazine rings is 1. The monoisotopic (exact) mass is 285 g/mol. The van der Waals surface area contributed by atoms with Crippen molar-refractivity contribution in [1.29, 1.82) is 0 Å². The number of hydrogen-bond donors (Lipinski definition) is 1. The Morgan fingerprint density at radius 2 is 1.94 bits per heavy atom. The molecular formula is C11H25Cl2N3O. The number of carbonyl (C=O) groups excluding carboxylic acids is 1. The van der Waals surface area contributed by atoms with E-state index in [2.05, 4.69) is 31.0 Å². The minimum Gasteiger partial charge on any atom is -0.339 e. The molecule has 0 unspecified atom stereocenters. The molecule has 0 radical (unpaired) electrons. The predicted molar refractivity (Wildman–Crippen MR) is 76.3 cm³/mol. The van der Waals surface area contributed by atoms with Gasteiger partial charge in [-0.3, -0.25) is 9.69 Å². The van der Waals surface area contributed by atoms with Gasteiger partial charge in [-0.1, -0.05) is 13.8 Å². The van der Waals surface area contributed by atoms with Gasteiger partial charge in [0.15, 0.2) is 0 Å². The van der Waals surface area contributed by atoms with Gasteiger partial charge in [-0.05, 0) is 20.0 Å². The van der Waals surface area contributed by atoms with E-state index in [1.807, 2.05) is 4.90 Å². The SMILES string of the molecule is CCN(CC)CC(=O)N1CCN[C@@H](C)C1.Cl.Cl. The Kier molecular flexibility index (Phi) is 11.3. The lowest BCUT2D eigenvalue weighted by molar-refractivity contribution is -0.133. The van der Waals surface area contributed by atoms with Crippen molar-refractivity contribution in [1.82, 2.24) is 15.1 Å². The fraction of sp³-hybridized carbons (Fsp3) is 0.909. The summed E-state index contributed by atoms with van der Waals surface area (Å²) in [6.45, 7) is 11.4. The van der Waals surface area contributed by atoms with Crippen LogP contribution in [0.3, 0.4) is 0 Å². The highest BCUT2D eigenvalue weighted by atomic mass is 35.5. The molecule has 0 spiro atoms. The third kappa shape index (κ3) is 6.46. The van der Waals surface area contributed by atoms with Crippen LogP contribution in [0.5, 0.6) is 0 Å². The number of likely N-dealkylation sites (N-methyl/N-ethyl adjacent to an activating group) is 1. The van der Waals surface area contributed by atoms with E-state index >= 15 is 0 Å². The molecule has 0 aliphatic carbocycles. The molecule has 1 atom stereocenters. The summed E-state index contributed by atoms with van der Waals surface area (Å²) in [5.41, 5.74) is 0. The van der Waals surface area contributed by atoms with Crippen LogP contribution in [0.1, 0.15) is 20.8 Å². The van der Waals surface area contributed by atoms with Gasteiger partial charge in [-0.15, -0.1) is 24.8 Å². The number of halogens is 2. The van der Waals surface area contributed by atoms with E-state index in [1.54, 1.807) is 0 Å². The number of nitrogens with zero attached hydrogens (tertiary/aromatic N) is 2. The molecule has 0 aromatic heterocycles. The maximum absolute atomic E-state index is 11.9. The summed E-state index contributed by atoms with van der Waals surface area (Å²) in [7, 11) is 0. The Balaban J connectivity index is 0. The van der Waals surface area contributed by atoms with Gasteiger partial charge in [0.25, 0.3) is 0 Å². The first-order chi connectivity index (χ1) is 7.17. The maximum atomic E-state index is 11.9. The predicted octanol–water partition coefficient (Wildman–Crippen LogP) is 0.992. The van der Waals surface area contributed by atoms with Crippen molar-refractivity contribution in [2.24, 2.45) is 0 Å². The Bertz CT molecular complexity index is 213. The normalized spacial score (nSPS) is 19.5. The molecule has 0 saturated carbocycles. The van der Waals surface area contributed by atoms with Gasteiger partial charge in [0.05, 0.1) is 6.54 Å². The van der Waals surface area contributed by atoms with Gasteiger partial charge < -0.3 is 10.2 Å². The lowest BCUT2D eigenvalue weighted by Gasteiger charge is -2.33. The second-order valence-electron chi connectivity index (χ2n) is 4.16. The first-order valence-corrected chi connectivity index (χ1v) is 5.90. The molecular weight excluding hydrogens is 261 g/mol. The van der Waals surface area contributed by atoms with Crippen LogP contribution < -0.4 is 5.32 Å². The molecule has 1 N–H and O–H groups in total. The topological polar surface area (TPSA) is 35.6 Å². The van der Waals surface area contributed by atoms with E-state index in [9.17, 15) is 4.79 Å². The summed E-state index contributed by atoms with van der Waals surface area (Å²) in [5, 5.41) is 3.34. The van der Waals surface area contributed by atoms with Crippen molar-refractivity contribution in [3.8, 4) is 0 Å². The second-order valence-corrected chi connectivity index (χ2v) is 4.16. The highest BCUT2D eigenvalue weighted by Crippen LogP contribution is 2.00. The van der Waals surface area contributed by atoms with Crippen LogP contribution in [0.4, 0.5) is 0 Å². The lowest BCUT2D eigenvalue weighted by atomic mass is 10.2. The third-order valence-corrected chi connectivity index (χ3v) is 2.97. The molecule has 0 aromatic carbocycles. The summed E-state index contributed by atoms with van der Waals surface area (Å²) >= 11 is 0. The number of carbonyl (C=O) groups is 1. The largest absolute Gasteiger partial charge is 0.339 e. The van der Waals surface area contributed by atoms with E-state index in [-0.39, 0.29) is 30.7 Å². The highest BCUT2D eigenvalue weighted by Gasteiger charge is 2.21. The summed E-state index contributed by atoms with van der Waals surface area (Å²) in [4.78, 5) is 16.1. The quantitative estimate of drug-likeness (QED) is 0.837. The van der Waals surface area contributed by atoms with Crippen molar-refractivity contribution in [3.05, 3.63) is 0 Å². The van der Waals surface area contributed by atoms with E-state index in [0.29, 0.717) is 12.6 Å². The molecule has 1 aliphatic heterocycles. The molecule has 0 aromatic rings. The molecule has 0 bridgehead atoms. The first kappa shape index (κ1) is 19.3. The smallest absolute Gasteiger partial charge is 0.236 e. The van der Waals surface area contributed by atoms with Gasteiger partial charge in [-0.25, -0.2) is 0 Å². The number of rotatable bonds is 4. The van der Waals surface area contributed by atoms with Crippen LogP contribution in [-0.4, -0.2) is 61.0 Å². The molecule has 17 heavy (non-hydrogen) atoms. The fourth-order valence-electron chi connectivity index (χ4n) is 1.90. The maximum Gasteiger partial charge on any atom is 0.236 e. The molecule has 4 nitrogen and oxygen atoms in total. The van der Waals surface area contributed by atoms with Crippen molar-refractivity contribution in [2.75, 3.05) is 39.3 Å². The van der Waals surface area contributed by atoms with Gasteiger partial charge in [0.1, 0.15) is 0 Å². The molecule has 1 rings (SSSR count). The zero-order valence-corrected chi connectivity index (χ0v) is 12.6. The van der Waals surface area contributed by atoms with Crippen molar-refractivity contribution >= 4 is 30.7 Å². The number of hydrogen-bond acceptors (Lipinski definition) is 3. The van der Waals surface area contributed by atoms with Gasteiger partial charge in [0, 0.05) is 25.7 Å². The minimum absolute atomic E-state index is 0. The Hall–Kier alpha value is -0.0300. The lowest BCUT2D eigenvalue weighted by Crippen LogP contribution is -2.53. The van der Waals surface area contributed by atoms with Crippen LogP contribution in [0, 0.1) is 0 Å². The van der Waals surface area contributed by atoms with E-state index in [0.717, 1.165) is 32.7 Å². The zero-order chi connectivity index (χ0) is 11.3. The fourth-order valence-corrected chi connectivity index (χ4v) is 1.90. The molecule has 1 heterocycles. The molecule has 6 heteroatoms. The van der Waals surface area contributed by atoms with Crippen molar-refractivity contribution in [3.63, 3.8) is 0 Å². The standard InChI is InChI=1S/C11H23N3O.2ClH/c1-4-13(5-2)9-11(15)14-7-6-12-10(3)8-14;;/h10,12H,4-9H2,1-3H3;2*1H/t10-;;/m0../s1. The van der Waals surface area contributed by atoms with Gasteiger partial charge >= 0.3 is 0 Å². The molecule has 1 saturated heterocycles. The average molecular weight is 286 g/mol. The van der Waals surface area contributed by atoms with Crippen LogP contribution in [0.2, 0.25) is 0 Å². The van der Waals surface area contributed by atoms with Gasteiger partial charge in [0.2, 0.25) is 5.91 Å². The van der Waals surface area contributed by atoms with Crippen LogP contribution >= 0.6 is 24.8 Å². The molecule has 1 amide bonds. The second kappa shape index (κ2) is 9.95. The summed E-state index contributed by atoms with van der Waals surface area (Å²) in [5.74, 6) is 0.270. The molecule has 1 aliphatic rings. The average Bonchev–Trinajstić information content (AvgIpc) is 2.25. The zero-order valence-electron chi connectivity index (χ0n) is 10.9. The molecule has 1 fully saturated rings. The first-order valence-electron chi connectivity index (χ1n) is 5.90. The molecule has 104 valence electrons. The van der Waals surface area contributed by atoms with E-state index < -0.39 is 0 Å². The Morgan fingerprint density at radius 1 is 1.35 bits per heavy atom. The summed E-state index contributed by atoms with van der Waals surface area (Å²) in [6, 6.07) is 0.430. The van der Waals surface area contributed by atoms with E-state index in [4.69, 9.17) is 0 Å². The van der Waals surface area contributed by atoms with Crippen molar-refractivity contribution in [2.45, 2.75) is 26.8 Å². The number of amides is 1. The van der Waals surface area contributed by atoms with Crippen LogP contribution in [-0.2, 0) is 4.79 Å². The highest BCUT2D eigenvalue weighted by molar-refractivity contribution is 5.85. The Labute approximate surface area is 117 Å². The van der Waals surface area contributed by atoms with Crippen LogP contribution in [0.15, 0.2) is 0 Å². The minimum atomic E-state index is 0. The van der Waals surface area contributed by atoms with E-state index in [1.165, 1.54) is 0 Å². The van der Waals surface area contributed by atoms with Crippen molar-refractivity contribution < 1.29 is 4.79 Å². The van der Waals surface area contributed by atoms with Gasteiger partial charge in [-0.2, -0.15) is 0 Å². The summed E-state index contributed by atoms with van der Waals surface area (Å²) in [6.07, 6.45) is 0.